The quantitative estimate of drug-likeness (QED) is 0.713. The third kappa shape index (κ3) is 1.77. The first-order valence-corrected chi connectivity index (χ1v) is 4.28. The zero-order chi connectivity index (χ0) is 9.10. The van der Waals surface area contributed by atoms with Gasteiger partial charge in [-0.15, -0.1) is 0 Å². The second-order valence-electron chi connectivity index (χ2n) is 2.83. The maximum atomic E-state index is 5.11. The number of aromatic nitrogens is 3. The van der Waals surface area contributed by atoms with Crippen LogP contribution in [0.3, 0.4) is 0 Å². The largest absolute Gasteiger partial charge is 0.447 e. The van der Waals surface area contributed by atoms with Crippen LogP contribution in [0.4, 0.5) is 0 Å². The summed E-state index contributed by atoms with van der Waals surface area (Å²) < 4.78 is 6.93. The van der Waals surface area contributed by atoms with Gasteiger partial charge in [0.2, 0.25) is 5.89 Å². The van der Waals surface area contributed by atoms with Gasteiger partial charge >= 0.3 is 0 Å². The Hall–Kier alpha value is -1.58. The molecule has 0 saturated heterocycles. The summed E-state index contributed by atoms with van der Waals surface area (Å²) in [7, 11) is 0. The number of aryl methyl sites for hydroxylation is 1. The summed E-state index contributed by atoms with van der Waals surface area (Å²) in [5, 5.41) is 4.18. The highest BCUT2D eigenvalue weighted by molar-refractivity contribution is 5.03. The summed E-state index contributed by atoms with van der Waals surface area (Å²) in [6.07, 6.45) is 8.08. The molecule has 2 heterocycles. The van der Waals surface area contributed by atoms with Crippen LogP contribution in [0.1, 0.15) is 18.4 Å². The Morgan fingerprint density at radius 1 is 1.54 bits per heavy atom. The Bertz CT molecular complexity index is 364. The van der Waals surface area contributed by atoms with Crippen LogP contribution in [-0.2, 0) is 13.0 Å². The molecule has 0 saturated carbocycles. The first kappa shape index (κ1) is 8.04. The molecule has 0 amide bonds. The van der Waals surface area contributed by atoms with Gasteiger partial charge in [0.25, 0.3) is 0 Å². The van der Waals surface area contributed by atoms with Crippen LogP contribution in [0.15, 0.2) is 29.3 Å². The van der Waals surface area contributed by atoms with Crippen LogP contribution in [0.25, 0.3) is 0 Å². The van der Waals surface area contributed by atoms with Crippen molar-refractivity contribution in [3.63, 3.8) is 0 Å². The van der Waals surface area contributed by atoms with Crippen LogP contribution in [0.5, 0.6) is 0 Å². The van der Waals surface area contributed by atoms with Crippen molar-refractivity contribution < 1.29 is 4.42 Å². The second kappa shape index (κ2) is 3.43. The maximum absolute atomic E-state index is 5.11. The van der Waals surface area contributed by atoms with Crippen LogP contribution in [0, 0.1) is 0 Å². The lowest BCUT2D eigenvalue weighted by Gasteiger charge is -1.94. The number of hydrogen-bond acceptors (Lipinski definition) is 3. The van der Waals surface area contributed by atoms with Gasteiger partial charge in [0.05, 0.1) is 12.4 Å². The molecule has 0 spiro atoms. The molecular weight excluding hydrogens is 166 g/mol. The normalized spacial score (nSPS) is 10.5. The van der Waals surface area contributed by atoms with Crippen molar-refractivity contribution in [3.05, 3.63) is 36.3 Å². The zero-order valence-electron chi connectivity index (χ0n) is 7.47. The van der Waals surface area contributed by atoms with Crippen LogP contribution < -0.4 is 0 Å². The minimum absolute atomic E-state index is 0.604. The van der Waals surface area contributed by atoms with Crippen LogP contribution in [0.2, 0.25) is 0 Å². The van der Waals surface area contributed by atoms with Crippen molar-refractivity contribution in [2.45, 2.75) is 19.9 Å². The molecule has 0 aromatic carbocycles. The molecule has 0 unspecified atom stereocenters. The van der Waals surface area contributed by atoms with Gasteiger partial charge in [-0.2, -0.15) is 5.10 Å². The Morgan fingerprint density at radius 3 is 3.08 bits per heavy atom. The van der Waals surface area contributed by atoms with Crippen molar-refractivity contribution >= 4 is 0 Å². The van der Waals surface area contributed by atoms with E-state index in [9.17, 15) is 0 Å². The molecule has 2 aromatic heterocycles. The van der Waals surface area contributed by atoms with Gasteiger partial charge in [-0.1, -0.05) is 6.92 Å². The van der Waals surface area contributed by atoms with E-state index in [1.54, 1.807) is 12.5 Å². The van der Waals surface area contributed by atoms with Gasteiger partial charge in [-0.25, -0.2) is 4.98 Å². The van der Waals surface area contributed by atoms with Crippen molar-refractivity contribution in [3.8, 4) is 0 Å². The summed E-state index contributed by atoms with van der Waals surface area (Å²) in [5.41, 5.74) is 1.23. The van der Waals surface area contributed by atoms with Crippen LogP contribution >= 0.6 is 0 Å². The highest BCUT2D eigenvalue weighted by Crippen LogP contribution is 2.02. The van der Waals surface area contributed by atoms with E-state index in [0.717, 1.165) is 6.42 Å². The van der Waals surface area contributed by atoms with E-state index in [-0.39, 0.29) is 0 Å². The highest BCUT2D eigenvalue weighted by atomic mass is 16.3. The van der Waals surface area contributed by atoms with Gasteiger partial charge in [-0.05, 0) is 12.0 Å². The predicted octanol–water partition coefficient (Wildman–Crippen LogP) is 1.48. The van der Waals surface area contributed by atoms with E-state index in [0.29, 0.717) is 12.4 Å². The Morgan fingerprint density at radius 2 is 2.46 bits per heavy atom. The number of oxazole rings is 1. The lowest BCUT2D eigenvalue weighted by Crippen LogP contribution is -1.99. The van der Waals surface area contributed by atoms with E-state index >= 15 is 0 Å². The van der Waals surface area contributed by atoms with E-state index in [4.69, 9.17) is 4.42 Å². The van der Waals surface area contributed by atoms with Crippen molar-refractivity contribution in [2.75, 3.05) is 0 Å². The topological polar surface area (TPSA) is 43.9 Å². The van der Waals surface area contributed by atoms with Gasteiger partial charge < -0.3 is 4.42 Å². The van der Waals surface area contributed by atoms with Gasteiger partial charge in [0.1, 0.15) is 12.8 Å². The number of rotatable bonds is 3. The minimum Gasteiger partial charge on any atom is -0.447 e. The molecule has 4 heteroatoms. The first-order chi connectivity index (χ1) is 6.38. The van der Waals surface area contributed by atoms with E-state index in [1.165, 1.54) is 5.56 Å². The van der Waals surface area contributed by atoms with Crippen molar-refractivity contribution in [1.82, 2.24) is 14.8 Å². The lowest BCUT2D eigenvalue weighted by atomic mass is 10.3. The molecule has 0 aliphatic heterocycles. The highest BCUT2D eigenvalue weighted by Gasteiger charge is 2.00. The molecule has 0 aliphatic rings. The standard InChI is InChI=1S/C9H11N3O/c1-2-8-5-11-12(6-8)7-9-10-3-4-13-9/h3-6H,2,7H2,1H3. The van der Waals surface area contributed by atoms with E-state index in [2.05, 4.69) is 17.0 Å². The van der Waals surface area contributed by atoms with Gasteiger partial charge in [0, 0.05) is 6.20 Å². The molecule has 0 radical (unpaired) electrons. The predicted molar refractivity (Wildman–Crippen MR) is 47.2 cm³/mol. The molecule has 13 heavy (non-hydrogen) atoms. The molecule has 2 rings (SSSR count). The molecule has 0 atom stereocenters. The fourth-order valence-electron chi connectivity index (χ4n) is 1.15. The average Bonchev–Trinajstić information content (AvgIpc) is 2.76. The first-order valence-electron chi connectivity index (χ1n) is 4.28. The Balaban J connectivity index is 2.10. The molecule has 0 fully saturated rings. The Kier molecular flexibility index (Phi) is 2.12. The molecule has 4 nitrogen and oxygen atoms in total. The second-order valence-corrected chi connectivity index (χ2v) is 2.83. The SMILES string of the molecule is CCc1cnn(Cc2ncco2)c1. The minimum atomic E-state index is 0.604. The summed E-state index contributed by atoms with van der Waals surface area (Å²) >= 11 is 0. The summed E-state index contributed by atoms with van der Waals surface area (Å²) in [4.78, 5) is 4.02. The summed E-state index contributed by atoms with van der Waals surface area (Å²) in [5.74, 6) is 0.686. The zero-order valence-corrected chi connectivity index (χ0v) is 7.47. The number of hydrogen-bond donors (Lipinski definition) is 0. The van der Waals surface area contributed by atoms with E-state index < -0.39 is 0 Å². The molecule has 0 bridgehead atoms. The Labute approximate surface area is 76.2 Å². The average molecular weight is 177 g/mol. The molecule has 0 N–H and O–H groups in total. The van der Waals surface area contributed by atoms with Gasteiger partial charge in [0.15, 0.2) is 0 Å². The fraction of sp³-hybridized carbons (Fsp3) is 0.333. The number of nitrogens with zero attached hydrogens (tertiary/aromatic N) is 3. The molecule has 0 aliphatic carbocycles. The maximum Gasteiger partial charge on any atom is 0.215 e. The molecule has 68 valence electrons. The fourth-order valence-corrected chi connectivity index (χ4v) is 1.15. The molecular formula is C9H11N3O. The van der Waals surface area contributed by atoms with Gasteiger partial charge in [-0.3, -0.25) is 4.68 Å². The lowest BCUT2D eigenvalue weighted by molar-refractivity contribution is 0.465. The van der Waals surface area contributed by atoms with Crippen LogP contribution in [-0.4, -0.2) is 14.8 Å². The summed E-state index contributed by atoms with van der Waals surface area (Å²) in [6, 6.07) is 0. The van der Waals surface area contributed by atoms with Crippen molar-refractivity contribution in [1.29, 1.82) is 0 Å². The smallest absolute Gasteiger partial charge is 0.215 e. The molecule has 2 aromatic rings. The summed E-state index contributed by atoms with van der Waals surface area (Å²) in [6.45, 7) is 2.71. The third-order valence-electron chi connectivity index (χ3n) is 1.88. The van der Waals surface area contributed by atoms with E-state index in [1.807, 2.05) is 17.1 Å². The third-order valence-corrected chi connectivity index (χ3v) is 1.88. The monoisotopic (exact) mass is 177 g/mol. The van der Waals surface area contributed by atoms with Crippen molar-refractivity contribution in [2.24, 2.45) is 0 Å².